The number of pyridine rings is 1. The second-order valence-electron chi connectivity index (χ2n) is 5.14. The zero-order valence-corrected chi connectivity index (χ0v) is 14.6. The highest BCUT2D eigenvalue weighted by Crippen LogP contribution is 2.20. The molecule has 0 spiro atoms. The maximum absolute atomic E-state index is 13.8. The fraction of sp³-hybridized carbons (Fsp3) is 0.0588. The molecule has 0 aliphatic heterocycles. The summed E-state index contributed by atoms with van der Waals surface area (Å²) in [7, 11) is 0. The third-order valence-corrected chi connectivity index (χ3v) is 4.19. The maximum Gasteiger partial charge on any atom is 0.244 e. The second kappa shape index (κ2) is 6.75. The van der Waals surface area contributed by atoms with Gasteiger partial charge in [0.15, 0.2) is 5.43 Å². The number of nitrogens with one attached hydrogen (secondary N) is 1. The number of nitrogens with zero attached hydrogens (tertiary/aromatic N) is 1. The van der Waals surface area contributed by atoms with Crippen molar-refractivity contribution < 1.29 is 9.18 Å². The molecule has 0 bridgehead atoms. The van der Waals surface area contributed by atoms with Gasteiger partial charge in [0.2, 0.25) is 5.91 Å². The van der Waals surface area contributed by atoms with Crippen molar-refractivity contribution in [1.82, 2.24) is 4.57 Å². The topological polar surface area (TPSA) is 51.1 Å². The van der Waals surface area contributed by atoms with E-state index in [9.17, 15) is 14.0 Å². The van der Waals surface area contributed by atoms with Crippen LogP contribution in [0.25, 0.3) is 10.9 Å². The zero-order chi connectivity index (χ0) is 17.3. The lowest BCUT2D eigenvalue weighted by Gasteiger charge is -2.12. The lowest BCUT2D eigenvalue weighted by Crippen LogP contribution is -2.20. The molecular formula is C17H11BrClFN2O2. The summed E-state index contributed by atoms with van der Waals surface area (Å²) in [5, 5.41) is 3.44. The van der Waals surface area contributed by atoms with Crippen molar-refractivity contribution in [2.75, 3.05) is 5.32 Å². The highest BCUT2D eigenvalue weighted by atomic mass is 79.9. The minimum absolute atomic E-state index is 0.0768. The van der Waals surface area contributed by atoms with Gasteiger partial charge in [-0.3, -0.25) is 9.59 Å². The van der Waals surface area contributed by atoms with Gasteiger partial charge in [-0.05, 0) is 36.4 Å². The standard InChI is InChI=1S/C17H11BrClFN2O2/c18-10-1-4-14(13(20)7-10)21-17(24)9-22-6-5-16(23)12-3-2-11(19)8-15(12)22/h1-8H,9H2,(H,21,24). The van der Waals surface area contributed by atoms with Gasteiger partial charge in [0.1, 0.15) is 12.4 Å². The zero-order valence-electron chi connectivity index (χ0n) is 12.2. The molecule has 0 atom stereocenters. The van der Waals surface area contributed by atoms with E-state index in [4.69, 9.17) is 11.6 Å². The smallest absolute Gasteiger partial charge is 0.244 e. The predicted molar refractivity (Wildman–Crippen MR) is 95.9 cm³/mol. The van der Waals surface area contributed by atoms with Crippen LogP contribution in [-0.2, 0) is 11.3 Å². The number of anilines is 1. The molecule has 1 aromatic heterocycles. The van der Waals surface area contributed by atoms with Crippen LogP contribution in [0.5, 0.6) is 0 Å². The van der Waals surface area contributed by atoms with Gasteiger partial charge in [0.25, 0.3) is 0 Å². The number of aromatic nitrogens is 1. The van der Waals surface area contributed by atoms with Gasteiger partial charge < -0.3 is 9.88 Å². The quantitative estimate of drug-likeness (QED) is 0.705. The van der Waals surface area contributed by atoms with Crippen LogP contribution in [0.1, 0.15) is 0 Å². The van der Waals surface area contributed by atoms with Crippen molar-refractivity contribution in [2.24, 2.45) is 0 Å². The average molecular weight is 410 g/mol. The van der Waals surface area contributed by atoms with Crippen molar-refractivity contribution in [3.8, 4) is 0 Å². The Balaban J connectivity index is 1.89. The van der Waals surface area contributed by atoms with Crippen LogP contribution in [-0.4, -0.2) is 10.5 Å². The molecule has 0 unspecified atom stereocenters. The minimum atomic E-state index is -0.537. The third-order valence-electron chi connectivity index (χ3n) is 3.46. The van der Waals surface area contributed by atoms with E-state index in [1.165, 1.54) is 24.4 Å². The SMILES string of the molecule is O=C(Cn1ccc(=O)c2ccc(Cl)cc21)Nc1ccc(Br)cc1F. The summed E-state index contributed by atoms with van der Waals surface area (Å²) < 4.78 is 16.0. The summed E-state index contributed by atoms with van der Waals surface area (Å²) in [4.78, 5) is 24.1. The first-order valence-electron chi connectivity index (χ1n) is 6.97. The fourth-order valence-electron chi connectivity index (χ4n) is 2.35. The molecule has 2 aromatic carbocycles. The van der Waals surface area contributed by atoms with Crippen LogP contribution in [0.2, 0.25) is 5.02 Å². The van der Waals surface area contributed by atoms with Gasteiger partial charge in [-0.1, -0.05) is 27.5 Å². The van der Waals surface area contributed by atoms with Crippen molar-refractivity contribution in [3.05, 3.63) is 74.2 Å². The Morgan fingerprint density at radius 1 is 1.21 bits per heavy atom. The third kappa shape index (κ3) is 3.49. The first-order valence-corrected chi connectivity index (χ1v) is 8.15. The van der Waals surface area contributed by atoms with Gasteiger partial charge in [-0.15, -0.1) is 0 Å². The van der Waals surface area contributed by atoms with E-state index in [1.807, 2.05) is 0 Å². The molecule has 3 aromatic rings. The largest absolute Gasteiger partial charge is 0.338 e. The van der Waals surface area contributed by atoms with E-state index >= 15 is 0 Å². The summed E-state index contributed by atoms with van der Waals surface area (Å²) in [5.41, 5.74) is 0.477. The first-order chi connectivity index (χ1) is 11.4. The molecule has 1 N–H and O–H groups in total. The van der Waals surface area contributed by atoms with Crippen LogP contribution < -0.4 is 10.7 Å². The Kier molecular flexibility index (Phi) is 4.69. The number of hydrogen-bond donors (Lipinski definition) is 1. The van der Waals surface area contributed by atoms with Gasteiger partial charge >= 0.3 is 0 Å². The highest BCUT2D eigenvalue weighted by molar-refractivity contribution is 9.10. The Bertz CT molecular complexity index is 1000. The summed E-state index contributed by atoms with van der Waals surface area (Å²) in [6, 6.07) is 10.6. The number of rotatable bonds is 3. The molecule has 3 rings (SSSR count). The molecule has 0 aliphatic rings. The molecule has 4 nitrogen and oxygen atoms in total. The molecule has 0 aliphatic carbocycles. The molecule has 0 radical (unpaired) electrons. The van der Waals surface area contributed by atoms with E-state index in [0.717, 1.165) is 0 Å². The summed E-state index contributed by atoms with van der Waals surface area (Å²) in [6.07, 6.45) is 1.51. The molecule has 7 heteroatoms. The normalized spacial score (nSPS) is 10.8. The summed E-state index contributed by atoms with van der Waals surface area (Å²) in [6.45, 7) is -0.0768. The Hall–Kier alpha value is -2.18. The first kappa shape index (κ1) is 16.7. The Labute approximate surface area is 150 Å². The summed E-state index contributed by atoms with van der Waals surface area (Å²) in [5.74, 6) is -0.952. The van der Waals surface area contributed by atoms with E-state index in [1.54, 1.807) is 28.8 Å². The molecule has 0 saturated heterocycles. The Morgan fingerprint density at radius 3 is 2.75 bits per heavy atom. The number of amides is 1. The monoisotopic (exact) mass is 408 g/mol. The van der Waals surface area contributed by atoms with Crippen LogP contribution >= 0.6 is 27.5 Å². The van der Waals surface area contributed by atoms with Gasteiger partial charge in [0.05, 0.1) is 11.2 Å². The van der Waals surface area contributed by atoms with Crippen molar-refractivity contribution in [1.29, 1.82) is 0 Å². The number of fused-ring (bicyclic) bond motifs is 1. The van der Waals surface area contributed by atoms with E-state index in [-0.39, 0.29) is 17.7 Å². The van der Waals surface area contributed by atoms with Crippen molar-refractivity contribution in [2.45, 2.75) is 6.54 Å². The molecule has 0 saturated carbocycles. The van der Waals surface area contributed by atoms with Crippen LogP contribution in [0.4, 0.5) is 10.1 Å². The maximum atomic E-state index is 13.8. The van der Waals surface area contributed by atoms with Crippen LogP contribution in [0.3, 0.4) is 0 Å². The van der Waals surface area contributed by atoms with E-state index in [0.29, 0.717) is 20.4 Å². The molecule has 1 heterocycles. The number of benzene rings is 2. The minimum Gasteiger partial charge on any atom is -0.338 e. The number of halogens is 3. The lowest BCUT2D eigenvalue weighted by atomic mass is 10.2. The fourth-order valence-corrected chi connectivity index (χ4v) is 2.85. The van der Waals surface area contributed by atoms with E-state index < -0.39 is 11.7 Å². The van der Waals surface area contributed by atoms with Gasteiger partial charge in [-0.2, -0.15) is 0 Å². The molecule has 0 fully saturated rings. The number of carbonyl (C=O) groups excluding carboxylic acids is 1. The van der Waals surface area contributed by atoms with Crippen molar-refractivity contribution >= 4 is 50.0 Å². The number of carbonyl (C=O) groups is 1. The van der Waals surface area contributed by atoms with E-state index in [2.05, 4.69) is 21.2 Å². The molecular weight excluding hydrogens is 399 g/mol. The van der Waals surface area contributed by atoms with Crippen molar-refractivity contribution in [3.63, 3.8) is 0 Å². The molecule has 122 valence electrons. The molecule has 24 heavy (non-hydrogen) atoms. The second-order valence-corrected chi connectivity index (χ2v) is 6.49. The average Bonchev–Trinajstić information content (AvgIpc) is 2.53. The van der Waals surface area contributed by atoms with Gasteiger partial charge in [0, 0.05) is 27.1 Å². The van der Waals surface area contributed by atoms with Gasteiger partial charge in [-0.25, -0.2) is 4.39 Å². The highest BCUT2D eigenvalue weighted by Gasteiger charge is 2.10. The number of hydrogen-bond acceptors (Lipinski definition) is 2. The predicted octanol–water partition coefficient (Wildman–Crippen LogP) is 4.20. The Morgan fingerprint density at radius 2 is 2.00 bits per heavy atom. The summed E-state index contributed by atoms with van der Waals surface area (Å²) >= 11 is 9.13. The lowest BCUT2D eigenvalue weighted by molar-refractivity contribution is -0.116. The van der Waals surface area contributed by atoms with Crippen LogP contribution in [0, 0.1) is 5.82 Å². The molecule has 1 amide bonds. The van der Waals surface area contributed by atoms with Crippen LogP contribution in [0.15, 0.2) is 57.9 Å².